The van der Waals surface area contributed by atoms with Gasteiger partial charge < -0.3 is 29.7 Å². The summed E-state index contributed by atoms with van der Waals surface area (Å²) in [5.41, 5.74) is 4.05. The first-order chi connectivity index (χ1) is 6.06. The maximum absolute atomic E-state index is 8.63. The Kier molecular flexibility index (Phi) is 11.5. The zero-order chi connectivity index (χ0) is 10.0. The van der Waals surface area contributed by atoms with Crippen LogP contribution < -0.4 is 29.7 Å². The van der Waals surface area contributed by atoms with Crippen LogP contribution in [0, 0.1) is 19.2 Å². The number of diazo groups is 1. The molecule has 0 aromatic heterocycles. The first-order valence-corrected chi connectivity index (χ1v) is 4.20. The summed E-state index contributed by atoms with van der Waals surface area (Å²) in [4.78, 5) is 5.24. The second-order valence-corrected chi connectivity index (χ2v) is 3.42. The molecule has 0 amide bonds. The molecule has 0 saturated heterocycles. The summed E-state index contributed by atoms with van der Waals surface area (Å²) in [6.45, 7) is 4.02. The first-order valence-electron chi connectivity index (χ1n) is 4.20. The molecule has 0 unspecified atom stereocenters. The molecular weight excluding hydrogens is 298 g/mol. The van der Waals surface area contributed by atoms with Gasteiger partial charge in [0, 0.05) is 31.9 Å². The maximum atomic E-state index is 8.63. The predicted molar refractivity (Wildman–Crippen MR) is 55.0 cm³/mol. The minimum atomic E-state index is 0. The van der Waals surface area contributed by atoms with Crippen LogP contribution in [0.25, 0.3) is 4.98 Å². The molecule has 0 N–H and O–H groups in total. The largest absolute Gasteiger partial charge is 1.00 e. The molecule has 1 radical (unpaired) electrons. The topological polar surface area (TPSA) is 31.4 Å². The van der Waals surface area contributed by atoms with Crippen molar-refractivity contribution in [3.05, 3.63) is 28.2 Å². The number of halogens is 2. The minimum Gasteiger partial charge on any atom is -1.00 e. The molecular formula is C10H14Cl2N3Zn. The Hall–Kier alpha value is -0.357. The van der Waals surface area contributed by atoms with Gasteiger partial charge in [-0.15, -0.1) is 0 Å². The van der Waals surface area contributed by atoms with Crippen molar-refractivity contribution in [2.24, 2.45) is 0 Å². The van der Waals surface area contributed by atoms with Crippen LogP contribution in [0.15, 0.2) is 12.1 Å². The number of benzene rings is 1. The van der Waals surface area contributed by atoms with Crippen LogP contribution in [0.2, 0.25) is 0 Å². The Balaban J connectivity index is -0.000000563. The van der Waals surface area contributed by atoms with Crippen molar-refractivity contribution < 1.29 is 44.3 Å². The minimum absolute atomic E-state index is 0. The average molecular weight is 313 g/mol. The first kappa shape index (κ1) is 21.0. The Morgan fingerprint density at radius 1 is 1.06 bits per heavy atom. The van der Waals surface area contributed by atoms with Gasteiger partial charge in [-0.25, -0.2) is 0 Å². The number of hydrogen-bond acceptors (Lipinski definition) is 2. The van der Waals surface area contributed by atoms with E-state index in [-0.39, 0.29) is 44.3 Å². The van der Waals surface area contributed by atoms with E-state index in [0.29, 0.717) is 5.69 Å². The third kappa shape index (κ3) is 4.66. The quantitative estimate of drug-likeness (QED) is 0.405. The van der Waals surface area contributed by atoms with Crippen molar-refractivity contribution in [1.82, 2.24) is 0 Å². The van der Waals surface area contributed by atoms with Gasteiger partial charge >= 0.3 is 25.2 Å². The summed E-state index contributed by atoms with van der Waals surface area (Å²) in [7, 11) is 4.01. The molecule has 1 aromatic rings. The molecule has 0 fully saturated rings. The van der Waals surface area contributed by atoms with E-state index in [1.54, 1.807) is 0 Å². The molecule has 0 saturated carbocycles. The van der Waals surface area contributed by atoms with E-state index in [1.807, 2.05) is 40.1 Å². The number of nitrogens with zero attached hydrogens (tertiary/aromatic N) is 3. The third-order valence-electron chi connectivity index (χ3n) is 2.04. The van der Waals surface area contributed by atoms with Gasteiger partial charge in [0.05, 0.1) is 0 Å². The van der Waals surface area contributed by atoms with Crippen molar-refractivity contribution in [3.8, 4) is 0 Å². The van der Waals surface area contributed by atoms with E-state index in [9.17, 15) is 0 Å². The fourth-order valence-corrected chi connectivity index (χ4v) is 1.70. The number of anilines is 1. The molecule has 1 rings (SSSR count). The van der Waals surface area contributed by atoms with Gasteiger partial charge in [-0.2, -0.15) is 0 Å². The summed E-state index contributed by atoms with van der Waals surface area (Å²) in [5, 5.41) is 8.63. The molecule has 6 heteroatoms. The monoisotopic (exact) mass is 310 g/mol. The van der Waals surface area contributed by atoms with Crippen LogP contribution in [-0.4, -0.2) is 14.1 Å². The van der Waals surface area contributed by atoms with Crippen LogP contribution in [0.3, 0.4) is 0 Å². The molecule has 0 atom stereocenters. The van der Waals surface area contributed by atoms with Crippen molar-refractivity contribution in [3.63, 3.8) is 0 Å². The van der Waals surface area contributed by atoms with Crippen LogP contribution in [0.4, 0.5) is 11.4 Å². The van der Waals surface area contributed by atoms with Crippen molar-refractivity contribution >= 4 is 11.4 Å². The molecule has 0 aliphatic rings. The fourth-order valence-electron chi connectivity index (χ4n) is 1.70. The van der Waals surface area contributed by atoms with Gasteiger partial charge in [0.15, 0.2) is 4.98 Å². The van der Waals surface area contributed by atoms with Crippen molar-refractivity contribution in [2.75, 3.05) is 19.0 Å². The van der Waals surface area contributed by atoms with E-state index in [2.05, 4.69) is 9.88 Å². The second kappa shape index (κ2) is 8.76. The Bertz CT molecular complexity index is 352. The molecule has 0 bridgehead atoms. The number of hydrogen-bond donors (Lipinski definition) is 0. The van der Waals surface area contributed by atoms with Crippen LogP contribution in [0.5, 0.6) is 0 Å². The molecule has 85 valence electrons. The summed E-state index contributed by atoms with van der Waals surface area (Å²) < 4.78 is 0. The van der Waals surface area contributed by atoms with Crippen LogP contribution in [-0.2, 0) is 19.5 Å². The van der Waals surface area contributed by atoms with Gasteiger partial charge in [0.1, 0.15) is 0 Å². The summed E-state index contributed by atoms with van der Waals surface area (Å²) in [6.07, 6.45) is 0. The van der Waals surface area contributed by atoms with E-state index >= 15 is 0 Å². The van der Waals surface area contributed by atoms with Gasteiger partial charge in [-0.05, 0) is 25.0 Å². The number of aryl methyl sites for hydroxylation is 2. The summed E-state index contributed by atoms with van der Waals surface area (Å²) in [5.74, 6) is 0. The molecule has 3 nitrogen and oxygen atoms in total. The zero-order valence-corrected chi connectivity index (χ0v) is 14.4. The average Bonchev–Trinajstić information content (AvgIpc) is 2.02. The SMILES string of the molecule is Cc1cc([N+]#N)cc(C)c1N(C)C.[Cl-].[Cl-].[Zn+]. The Morgan fingerprint density at radius 3 is 1.69 bits per heavy atom. The van der Waals surface area contributed by atoms with Crippen molar-refractivity contribution in [1.29, 1.82) is 5.39 Å². The molecule has 16 heavy (non-hydrogen) atoms. The standard InChI is InChI=1S/C10H14N3.2ClH.Zn/c1-7-5-9(12-11)6-8(2)10(7)13(3)4;;;/h5-6H,1-4H3;2*1H;/q+1;;;+1/p-2. The smallest absolute Gasteiger partial charge is 1.00 e. The predicted octanol–water partition coefficient (Wildman–Crippen LogP) is -3.14. The summed E-state index contributed by atoms with van der Waals surface area (Å²) in [6, 6.07) is 3.73. The molecule has 0 heterocycles. The fraction of sp³-hybridized carbons (Fsp3) is 0.400. The van der Waals surface area contributed by atoms with E-state index in [1.165, 1.54) is 5.69 Å². The van der Waals surface area contributed by atoms with Gasteiger partial charge in [0.25, 0.3) is 0 Å². The second-order valence-electron chi connectivity index (χ2n) is 3.42. The van der Waals surface area contributed by atoms with Crippen LogP contribution in [0.1, 0.15) is 11.1 Å². The molecule has 0 aliphatic carbocycles. The molecule has 1 aromatic carbocycles. The van der Waals surface area contributed by atoms with E-state index in [0.717, 1.165) is 11.1 Å². The normalized spacial score (nSPS) is 7.69. The van der Waals surface area contributed by atoms with Gasteiger partial charge in [-0.3, -0.25) is 0 Å². The Labute approximate surface area is 122 Å². The molecule has 0 spiro atoms. The van der Waals surface area contributed by atoms with Gasteiger partial charge in [0.2, 0.25) is 5.39 Å². The van der Waals surface area contributed by atoms with Crippen molar-refractivity contribution in [2.45, 2.75) is 13.8 Å². The third-order valence-corrected chi connectivity index (χ3v) is 2.04. The van der Waals surface area contributed by atoms with Crippen LogP contribution >= 0.6 is 0 Å². The Morgan fingerprint density at radius 2 is 1.44 bits per heavy atom. The summed E-state index contributed by atoms with van der Waals surface area (Å²) >= 11 is 0. The van der Waals surface area contributed by atoms with E-state index in [4.69, 9.17) is 5.39 Å². The van der Waals surface area contributed by atoms with Gasteiger partial charge in [-0.1, -0.05) is 0 Å². The maximum Gasteiger partial charge on any atom is 1.00 e. The zero-order valence-electron chi connectivity index (χ0n) is 9.96. The number of rotatable bonds is 1. The molecule has 0 aliphatic heterocycles. The van der Waals surface area contributed by atoms with E-state index < -0.39 is 0 Å².